The number of piperazine rings is 1. The van der Waals surface area contributed by atoms with Crippen LogP contribution in [0.15, 0.2) is 76.7 Å². The molecule has 41 heavy (non-hydrogen) atoms. The fourth-order valence-electron chi connectivity index (χ4n) is 4.67. The topological polar surface area (TPSA) is 117 Å². The SMILES string of the molecule is CC(C)C(=O)Nc1cccc(C(=O)Nn2ncc3cc(S(=O)(=O)c4cccc(F)c4)ccc32)c1N1CCN(C)CC1. The summed E-state index contributed by atoms with van der Waals surface area (Å²) in [5, 5.41) is 7.69. The van der Waals surface area contributed by atoms with Crippen molar-refractivity contribution >= 4 is 43.9 Å². The van der Waals surface area contributed by atoms with E-state index in [2.05, 4.69) is 25.6 Å². The monoisotopic (exact) mass is 578 g/mol. The molecule has 1 fully saturated rings. The number of rotatable bonds is 7. The van der Waals surface area contributed by atoms with E-state index in [9.17, 15) is 22.4 Å². The third-order valence-electron chi connectivity index (χ3n) is 7.05. The summed E-state index contributed by atoms with van der Waals surface area (Å²) in [7, 11) is -1.92. The van der Waals surface area contributed by atoms with E-state index in [4.69, 9.17) is 0 Å². The van der Waals surface area contributed by atoms with Crippen molar-refractivity contribution in [1.82, 2.24) is 14.8 Å². The van der Waals surface area contributed by atoms with Gasteiger partial charge in [0.15, 0.2) is 0 Å². The average Bonchev–Trinajstić information content (AvgIpc) is 3.35. The van der Waals surface area contributed by atoms with Gasteiger partial charge in [0.25, 0.3) is 5.91 Å². The zero-order valence-corrected chi connectivity index (χ0v) is 23.8. The van der Waals surface area contributed by atoms with Crippen LogP contribution in [-0.2, 0) is 14.6 Å². The van der Waals surface area contributed by atoms with Crippen molar-refractivity contribution in [2.45, 2.75) is 23.6 Å². The number of nitrogens with one attached hydrogen (secondary N) is 2. The van der Waals surface area contributed by atoms with Gasteiger partial charge in [-0.2, -0.15) is 9.89 Å². The van der Waals surface area contributed by atoms with Crippen molar-refractivity contribution in [1.29, 1.82) is 0 Å². The molecule has 3 aromatic carbocycles. The number of hydrogen-bond acceptors (Lipinski definition) is 7. The lowest BCUT2D eigenvalue weighted by atomic mass is 10.1. The van der Waals surface area contributed by atoms with Crippen LogP contribution in [0.2, 0.25) is 0 Å². The van der Waals surface area contributed by atoms with E-state index in [1.807, 2.05) is 7.05 Å². The highest BCUT2D eigenvalue weighted by atomic mass is 32.2. The van der Waals surface area contributed by atoms with E-state index in [0.29, 0.717) is 40.9 Å². The zero-order chi connectivity index (χ0) is 29.3. The van der Waals surface area contributed by atoms with Gasteiger partial charge >= 0.3 is 0 Å². The number of para-hydroxylation sites is 1. The van der Waals surface area contributed by atoms with Crippen molar-refractivity contribution in [3.8, 4) is 0 Å². The standard InChI is InChI=1S/C29H31FN6O4S/c1-19(2)28(37)32-25-9-5-8-24(27(25)35-14-12-34(3)13-15-35)29(38)33-36-26-11-10-23(16-20(26)18-31-36)41(39,40)22-7-4-6-21(30)17-22/h4-11,16-19H,12-15H2,1-3H3,(H,32,37)(H,33,38). The molecule has 4 aromatic rings. The second-order valence-electron chi connectivity index (χ2n) is 10.3. The number of nitrogens with zero attached hydrogens (tertiary/aromatic N) is 4. The molecule has 0 atom stereocenters. The van der Waals surface area contributed by atoms with Gasteiger partial charge in [0.05, 0.1) is 38.4 Å². The first-order chi connectivity index (χ1) is 19.5. The van der Waals surface area contributed by atoms with Crippen molar-refractivity contribution in [2.75, 3.05) is 48.9 Å². The molecule has 0 radical (unpaired) electrons. The normalized spacial score (nSPS) is 14.4. The summed E-state index contributed by atoms with van der Waals surface area (Å²) >= 11 is 0. The Morgan fingerprint density at radius 2 is 1.66 bits per heavy atom. The third-order valence-corrected chi connectivity index (χ3v) is 8.80. The Bertz CT molecular complexity index is 1730. The number of aromatic nitrogens is 2. The van der Waals surface area contributed by atoms with E-state index >= 15 is 0 Å². The molecule has 10 nitrogen and oxygen atoms in total. The van der Waals surface area contributed by atoms with Gasteiger partial charge < -0.3 is 15.1 Å². The minimum atomic E-state index is -3.96. The molecule has 2 heterocycles. The highest BCUT2D eigenvalue weighted by Crippen LogP contribution is 2.32. The van der Waals surface area contributed by atoms with E-state index in [1.165, 1.54) is 47.4 Å². The fraction of sp³-hybridized carbons (Fsp3) is 0.276. The Morgan fingerprint density at radius 3 is 2.37 bits per heavy atom. The smallest absolute Gasteiger partial charge is 0.273 e. The van der Waals surface area contributed by atoms with E-state index in [-0.39, 0.29) is 21.6 Å². The molecule has 1 aliphatic heterocycles. The highest BCUT2D eigenvalue weighted by Gasteiger charge is 2.25. The number of carbonyl (C=O) groups is 2. The molecule has 12 heteroatoms. The molecule has 2 amide bonds. The molecule has 1 saturated heterocycles. The number of benzene rings is 3. The lowest BCUT2D eigenvalue weighted by Gasteiger charge is -2.36. The first-order valence-electron chi connectivity index (χ1n) is 13.2. The van der Waals surface area contributed by atoms with Crippen molar-refractivity contribution in [3.63, 3.8) is 0 Å². The summed E-state index contributed by atoms with van der Waals surface area (Å²) in [6.45, 7) is 6.58. The molecule has 0 aliphatic carbocycles. The van der Waals surface area contributed by atoms with Gasteiger partial charge in [0.1, 0.15) is 5.82 Å². The van der Waals surface area contributed by atoms with Crippen LogP contribution in [0.5, 0.6) is 0 Å². The fourth-order valence-corrected chi connectivity index (χ4v) is 6.00. The van der Waals surface area contributed by atoms with Crippen LogP contribution in [0.1, 0.15) is 24.2 Å². The van der Waals surface area contributed by atoms with Gasteiger partial charge in [-0.15, -0.1) is 0 Å². The molecule has 0 unspecified atom stereocenters. The van der Waals surface area contributed by atoms with Gasteiger partial charge in [0.2, 0.25) is 15.7 Å². The maximum atomic E-state index is 13.7. The van der Waals surface area contributed by atoms with Crippen molar-refractivity contribution < 1.29 is 22.4 Å². The largest absolute Gasteiger partial charge is 0.367 e. The zero-order valence-electron chi connectivity index (χ0n) is 23.0. The summed E-state index contributed by atoms with van der Waals surface area (Å²) in [6.07, 6.45) is 1.45. The van der Waals surface area contributed by atoms with Crippen LogP contribution in [-0.4, -0.2) is 68.2 Å². The van der Waals surface area contributed by atoms with Gasteiger partial charge in [-0.1, -0.05) is 26.0 Å². The molecule has 0 spiro atoms. The first kappa shape index (κ1) is 28.2. The van der Waals surface area contributed by atoms with Gasteiger partial charge in [-0.25, -0.2) is 18.2 Å². The number of likely N-dealkylation sites (N-methyl/N-ethyl adjacent to an activating group) is 1. The summed E-state index contributed by atoms with van der Waals surface area (Å²) in [5.74, 6) is -1.48. The number of halogens is 1. The molecule has 1 aromatic heterocycles. The summed E-state index contributed by atoms with van der Waals surface area (Å²) in [5.41, 5.74) is 4.81. The predicted molar refractivity (Wildman–Crippen MR) is 155 cm³/mol. The molecule has 0 bridgehead atoms. The number of hydrogen-bond donors (Lipinski definition) is 2. The van der Waals surface area contributed by atoms with E-state index in [1.54, 1.807) is 32.0 Å². The number of fused-ring (bicyclic) bond motifs is 1. The second kappa shape index (κ2) is 11.3. The second-order valence-corrected chi connectivity index (χ2v) is 12.3. The maximum Gasteiger partial charge on any atom is 0.273 e. The summed E-state index contributed by atoms with van der Waals surface area (Å²) in [6, 6.07) is 14.4. The van der Waals surface area contributed by atoms with Gasteiger partial charge in [-0.3, -0.25) is 9.59 Å². The number of carbonyl (C=O) groups excluding carboxylic acids is 2. The van der Waals surface area contributed by atoms with E-state index < -0.39 is 21.6 Å². The molecule has 2 N–H and O–H groups in total. The van der Waals surface area contributed by atoms with Crippen LogP contribution >= 0.6 is 0 Å². The lowest BCUT2D eigenvalue weighted by molar-refractivity contribution is -0.118. The van der Waals surface area contributed by atoms with Crippen LogP contribution in [0, 0.1) is 11.7 Å². The molecular weight excluding hydrogens is 547 g/mol. The molecule has 1 aliphatic rings. The molecular formula is C29H31FN6O4S. The Balaban J connectivity index is 1.46. The predicted octanol–water partition coefficient (Wildman–Crippen LogP) is 3.74. The van der Waals surface area contributed by atoms with Crippen LogP contribution in [0.25, 0.3) is 10.9 Å². The average molecular weight is 579 g/mol. The Hall–Kier alpha value is -4.29. The molecule has 214 valence electrons. The Morgan fingerprint density at radius 1 is 0.951 bits per heavy atom. The number of anilines is 2. The Labute approximate surface area is 237 Å². The Kier molecular flexibility index (Phi) is 7.78. The van der Waals surface area contributed by atoms with Gasteiger partial charge in [-0.05, 0) is 55.6 Å². The van der Waals surface area contributed by atoms with Crippen molar-refractivity contribution in [2.24, 2.45) is 5.92 Å². The van der Waals surface area contributed by atoms with Crippen LogP contribution in [0.4, 0.5) is 15.8 Å². The number of sulfone groups is 1. The van der Waals surface area contributed by atoms with E-state index in [0.717, 1.165) is 19.2 Å². The first-order valence-corrected chi connectivity index (χ1v) is 14.7. The van der Waals surface area contributed by atoms with Crippen LogP contribution < -0.4 is 15.6 Å². The van der Waals surface area contributed by atoms with Crippen molar-refractivity contribution in [3.05, 3.63) is 78.2 Å². The quantitative estimate of drug-likeness (QED) is 0.343. The highest BCUT2D eigenvalue weighted by molar-refractivity contribution is 7.91. The summed E-state index contributed by atoms with van der Waals surface area (Å²) in [4.78, 5) is 31.6. The molecule has 5 rings (SSSR count). The minimum absolute atomic E-state index is 0.0209. The van der Waals surface area contributed by atoms with Gasteiger partial charge in [0, 0.05) is 37.5 Å². The third kappa shape index (κ3) is 5.79. The van der Waals surface area contributed by atoms with Crippen LogP contribution in [0.3, 0.4) is 0 Å². The molecule has 0 saturated carbocycles. The summed E-state index contributed by atoms with van der Waals surface area (Å²) < 4.78 is 39.8. The number of amides is 2. The lowest BCUT2D eigenvalue weighted by Crippen LogP contribution is -2.45. The minimum Gasteiger partial charge on any atom is -0.367 e. The maximum absolute atomic E-state index is 13.7.